The highest BCUT2D eigenvalue weighted by molar-refractivity contribution is 5.84. The Labute approximate surface area is 126 Å². The van der Waals surface area contributed by atoms with E-state index in [9.17, 15) is 9.59 Å². The summed E-state index contributed by atoms with van der Waals surface area (Å²) in [5.74, 6) is -1.21. The van der Waals surface area contributed by atoms with Gasteiger partial charge in [-0.3, -0.25) is 4.79 Å². The molecule has 0 saturated carbocycles. The summed E-state index contributed by atoms with van der Waals surface area (Å²) in [6.45, 7) is 4.06. The Balaban J connectivity index is 2.52. The molecule has 0 fully saturated rings. The minimum absolute atomic E-state index is 0.224. The Morgan fingerprint density at radius 1 is 1.10 bits per heavy atom. The van der Waals surface area contributed by atoms with Gasteiger partial charge in [-0.2, -0.15) is 0 Å². The quantitative estimate of drug-likeness (QED) is 0.735. The number of carbonyl (C=O) groups excluding carboxylic acids is 1. The average Bonchev–Trinajstić information content (AvgIpc) is 2.46. The molecule has 1 rings (SSSR count). The summed E-state index contributed by atoms with van der Waals surface area (Å²) in [4.78, 5) is 22.9. The van der Waals surface area contributed by atoms with Crippen LogP contribution in [0.15, 0.2) is 24.3 Å². The van der Waals surface area contributed by atoms with Gasteiger partial charge in [0.15, 0.2) is 0 Å². The van der Waals surface area contributed by atoms with Gasteiger partial charge in [0, 0.05) is 0 Å². The van der Waals surface area contributed by atoms with Crippen molar-refractivity contribution in [2.75, 3.05) is 0 Å². The lowest BCUT2D eigenvalue weighted by atomic mass is 10.0. The first-order chi connectivity index (χ1) is 10.1. The van der Waals surface area contributed by atoms with Crippen LogP contribution in [-0.4, -0.2) is 23.0 Å². The number of nitrogens with one attached hydrogen (secondary N) is 1. The highest BCUT2D eigenvalue weighted by atomic mass is 16.4. The smallest absolute Gasteiger partial charge is 0.326 e. The maximum atomic E-state index is 11.9. The van der Waals surface area contributed by atoms with Gasteiger partial charge in [0.25, 0.3) is 0 Å². The second-order valence-corrected chi connectivity index (χ2v) is 5.34. The van der Waals surface area contributed by atoms with Gasteiger partial charge in [-0.25, -0.2) is 4.79 Å². The number of hydrogen-bond donors (Lipinski definition) is 2. The van der Waals surface area contributed by atoms with E-state index in [4.69, 9.17) is 5.11 Å². The van der Waals surface area contributed by atoms with Crippen LogP contribution >= 0.6 is 0 Å². The van der Waals surface area contributed by atoms with Crippen LogP contribution in [0, 0.1) is 0 Å². The molecule has 0 radical (unpaired) electrons. The van der Waals surface area contributed by atoms with Crippen LogP contribution in [0.3, 0.4) is 0 Å². The van der Waals surface area contributed by atoms with Gasteiger partial charge < -0.3 is 10.4 Å². The first kappa shape index (κ1) is 17.2. The second kappa shape index (κ2) is 9.16. The molecule has 4 nitrogen and oxygen atoms in total. The molecule has 4 heteroatoms. The van der Waals surface area contributed by atoms with Gasteiger partial charge in [-0.05, 0) is 30.4 Å². The number of amides is 1. The van der Waals surface area contributed by atoms with Gasteiger partial charge in [-0.15, -0.1) is 0 Å². The topological polar surface area (TPSA) is 66.4 Å². The number of carbonyl (C=O) groups is 2. The first-order valence-corrected chi connectivity index (χ1v) is 7.66. The third-order valence-electron chi connectivity index (χ3n) is 3.42. The molecule has 1 aromatic rings. The number of carboxylic acids is 1. The van der Waals surface area contributed by atoms with E-state index in [2.05, 4.69) is 12.2 Å². The lowest BCUT2D eigenvalue weighted by molar-refractivity contribution is -0.141. The first-order valence-electron chi connectivity index (χ1n) is 7.66. The van der Waals surface area contributed by atoms with E-state index in [1.165, 1.54) is 5.56 Å². The number of aliphatic carboxylic acids is 1. The summed E-state index contributed by atoms with van der Waals surface area (Å²) in [5, 5.41) is 11.6. The van der Waals surface area contributed by atoms with Crippen molar-refractivity contribution in [3.8, 4) is 0 Å². The van der Waals surface area contributed by atoms with E-state index in [0.29, 0.717) is 6.42 Å². The molecule has 0 saturated heterocycles. The lowest BCUT2D eigenvalue weighted by Gasteiger charge is -2.13. The predicted octanol–water partition coefficient (Wildman–Crippen LogP) is 2.94. The summed E-state index contributed by atoms with van der Waals surface area (Å²) in [6.07, 6.45) is 4.79. The van der Waals surface area contributed by atoms with E-state index in [-0.39, 0.29) is 12.3 Å². The van der Waals surface area contributed by atoms with Crippen LogP contribution in [0.5, 0.6) is 0 Å². The molecule has 21 heavy (non-hydrogen) atoms. The van der Waals surface area contributed by atoms with Crippen molar-refractivity contribution < 1.29 is 14.7 Å². The average molecular weight is 291 g/mol. The van der Waals surface area contributed by atoms with Crippen LogP contribution in [0.4, 0.5) is 0 Å². The molecule has 1 atom stereocenters. The lowest BCUT2D eigenvalue weighted by Crippen LogP contribution is -2.41. The van der Waals surface area contributed by atoms with Gasteiger partial charge in [0.05, 0.1) is 6.42 Å². The Bertz CT molecular complexity index is 454. The molecule has 0 aliphatic carbocycles. The van der Waals surface area contributed by atoms with Crippen LogP contribution < -0.4 is 5.32 Å². The number of aryl methyl sites for hydroxylation is 1. The van der Waals surface area contributed by atoms with E-state index in [1.807, 2.05) is 31.2 Å². The second-order valence-electron chi connectivity index (χ2n) is 5.34. The van der Waals surface area contributed by atoms with Crippen LogP contribution in [-0.2, 0) is 22.4 Å². The minimum Gasteiger partial charge on any atom is -0.480 e. The number of rotatable bonds is 9. The van der Waals surface area contributed by atoms with E-state index >= 15 is 0 Å². The van der Waals surface area contributed by atoms with Gasteiger partial charge in [0.1, 0.15) is 6.04 Å². The van der Waals surface area contributed by atoms with E-state index in [0.717, 1.165) is 31.2 Å². The molecule has 116 valence electrons. The van der Waals surface area contributed by atoms with Gasteiger partial charge in [0.2, 0.25) is 5.91 Å². The van der Waals surface area contributed by atoms with Crippen molar-refractivity contribution in [3.63, 3.8) is 0 Å². The van der Waals surface area contributed by atoms with Crippen molar-refractivity contribution in [1.82, 2.24) is 5.32 Å². The zero-order chi connectivity index (χ0) is 15.7. The van der Waals surface area contributed by atoms with Crippen LogP contribution in [0.2, 0.25) is 0 Å². The maximum Gasteiger partial charge on any atom is 0.326 e. The zero-order valence-electron chi connectivity index (χ0n) is 12.9. The minimum atomic E-state index is -0.972. The fraction of sp³-hybridized carbons (Fsp3) is 0.529. The van der Waals surface area contributed by atoms with Crippen LogP contribution in [0.25, 0.3) is 0 Å². The molecule has 1 amide bonds. The summed E-state index contributed by atoms with van der Waals surface area (Å²) in [7, 11) is 0. The summed E-state index contributed by atoms with van der Waals surface area (Å²) in [6, 6.07) is 7.18. The summed E-state index contributed by atoms with van der Waals surface area (Å²) >= 11 is 0. The molecule has 1 aromatic carbocycles. The molecule has 0 aliphatic heterocycles. The molecule has 0 aromatic heterocycles. The Morgan fingerprint density at radius 3 is 2.24 bits per heavy atom. The number of unbranched alkanes of at least 4 members (excludes halogenated alkanes) is 1. The molecule has 0 heterocycles. The van der Waals surface area contributed by atoms with E-state index < -0.39 is 12.0 Å². The normalized spacial score (nSPS) is 11.9. The molecular formula is C17H25NO3. The Morgan fingerprint density at radius 2 is 1.71 bits per heavy atom. The third kappa shape index (κ3) is 6.43. The maximum absolute atomic E-state index is 11.9. The van der Waals surface area contributed by atoms with Crippen molar-refractivity contribution in [2.45, 2.75) is 58.4 Å². The standard InChI is InChI=1S/C17H25NO3/c1-3-5-7-13-8-10-14(11-9-13)12-16(19)18-15(6-4-2)17(20)21/h8-11,15H,3-7,12H2,1-2H3,(H,18,19)(H,20,21)/t15-/m1/s1. The highest BCUT2D eigenvalue weighted by Crippen LogP contribution is 2.09. The monoisotopic (exact) mass is 291 g/mol. The number of hydrogen-bond acceptors (Lipinski definition) is 2. The molecule has 0 unspecified atom stereocenters. The summed E-state index contributed by atoms with van der Waals surface area (Å²) in [5.41, 5.74) is 2.18. The molecular weight excluding hydrogens is 266 g/mol. The van der Waals surface area contributed by atoms with Gasteiger partial charge >= 0.3 is 5.97 Å². The molecule has 2 N–H and O–H groups in total. The van der Waals surface area contributed by atoms with Crippen molar-refractivity contribution in [2.24, 2.45) is 0 Å². The third-order valence-corrected chi connectivity index (χ3v) is 3.42. The number of benzene rings is 1. The van der Waals surface area contributed by atoms with Crippen LogP contribution in [0.1, 0.15) is 50.7 Å². The molecule has 0 spiro atoms. The van der Waals surface area contributed by atoms with Crippen molar-refractivity contribution in [1.29, 1.82) is 0 Å². The fourth-order valence-corrected chi connectivity index (χ4v) is 2.18. The van der Waals surface area contributed by atoms with Crippen molar-refractivity contribution in [3.05, 3.63) is 35.4 Å². The fourth-order valence-electron chi connectivity index (χ4n) is 2.18. The Hall–Kier alpha value is -1.84. The molecule has 0 aliphatic rings. The predicted molar refractivity (Wildman–Crippen MR) is 83.2 cm³/mol. The Kier molecular flexibility index (Phi) is 7.51. The highest BCUT2D eigenvalue weighted by Gasteiger charge is 2.18. The van der Waals surface area contributed by atoms with Gasteiger partial charge in [-0.1, -0.05) is 51.0 Å². The van der Waals surface area contributed by atoms with E-state index in [1.54, 1.807) is 0 Å². The number of carboxylic acid groups (broad SMARTS) is 1. The largest absolute Gasteiger partial charge is 0.480 e. The van der Waals surface area contributed by atoms with Crippen molar-refractivity contribution >= 4 is 11.9 Å². The SMILES string of the molecule is CCCCc1ccc(CC(=O)N[C@H](CCC)C(=O)O)cc1. The summed E-state index contributed by atoms with van der Waals surface area (Å²) < 4.78 is 0. The molecule has 0 bridgehead atoms. The zero-order valence-corrected chi connectivity index (χ0v) is 12.9.